The first-order chi connectivity index (χ1) is 16.9. The molecule has 0 fully saturated rings. The Morgan fingerprint density at radius 3 is 2.03 bits per heavy atom. The van der Waals surface area contributed by atoms with Crippen molar-refractivity contribution in [1.29, 1.82) is 0 Å². The first kappa shape index (κ1) is 24.2. The van der Waals surface area contributed by atoms with Crippen molar-refractivity contribution >= 4 is 27.7 Å². The van der Waals surface area contributed by atoms with E-state index in [1.165, 1.54) is 6.07 Å². The van der Waals surface area contributed by atoms with Crippen LogP contribution in [0.1, 0.15) is 23.1 Å². The number of amidine groups is 1. The van der Waals surface area contributed by atoms with Gasteiger partial charge < -0.3 is 9.64 Å². The Morgan fingerprint density at radius 2 is 1.40 bits per heavy atom. The first-order valence-electron chi connectivity index (χ1n) is 11.1. The van der Waals surface area contributed by atoms with Gasteiger partial charge in [0.2, 0.25) is 0 Å². The summed E-state index contributed by atoms with van der Waals surface area (Å²) >= 11 is 0. The molecule has 1 heterocycles. The Hall–Kier alpha value is -3.98. The van der Waals surface area contributed by atoms with Crippen LogP contribution >= 0.6 is 0 Å². The van der Waals surface area contributed by atoms with Crippen molar-refractivity contribution in [2.24, 2.45) is 4.99 Å². The number of esters is 1. The highest BCUT2D eigenvalue weighted by molar-refractivity contribution is 7.90. The second kappa shape index (κ2) is 11.0. The van der Waals surface area contributed by atoms with E-state index in [1.807, 2.05) is 60.7 Å². The van der Waals surface area contributed by atoms with Crippen molar-refractivity contribution in [3.8, 4) is 0 Å². The Bertz CT molecular complexity index is 1280. The molecule has 0 spiro atoms. The molecule has 3 aromatic carbocycles. The summed E-state index contributed by atoms with van der Waals surface area (Å²) in [4.78, 5) is 31.1. The zero-order valence-corrected chi connectivity index (χ0v) is 19.8. The molecule has 0 unspecified atom stereocenters. The second-order valence-electron chi connectivity index (χ2n) is 7.96. The predicted octanol–water partition coefficient (Wildman–Crippen LogP) is 2.89. The van der Waals surface area contributed by atoms with E-state index in [9.17, 15) is 18.0 Å². The van der Waals surface area contributed by atoms with E-state index in [0.717, 1.165) is 11.1 Å². The number of carbonyl (C=O) groups excluding carboxylic acids is 2. The average Bonchev–Trinajstić information content (AvgIpc) is 3.13. The molecule has 0 saturated carbocycles. The first-order valence-corrected chi connectivity index (χ1v) is 12.6. The number of hydrogen-bond donors (Lipinski definition) is 1. The van der Waals surface area contributed by atoms with Crippen molar-refractivity contribution in [2.75, 3.05) is 13.2 Å². The summed E-state index contributed by atoms with van der Waals surface area (Å²) in [7, 11) is -3.64. The summed E-state index contributed by atoms with van der Waals surface area (Å²) in [6.07, 6.45) is -0.0853. The van der Waals surface area contributed by atoms with E-state index in [0.29, 0.717) is 18.7 Å². The van der Waals surface area contributed by atoms with E-state index < -0.39 is 16.0 Å². The van der Waals surface area contributed by atoms with Gasteiger partial charge in [-0.25, -0.2) is 8.42 Å². The number of ether oxygens (including phenoxy) is 1. The van der Waals surface area contributed by atoms with Gasteiger partial charge in [-0.05, 0) is 23.3 Å². The monoisotopic (exact) mass is 491 g/mol. The molecule has 0 bridgehead atoms. The zero-order chi connectivity index (χ0) is 24.7. The van der Waals surface area contributed by atoms with Gasteiger partial charge in [0.25, 0.3) is 15.9 Å². The lowest BCUT2D eigenvalue weighted by Crippen LogP contribution is -2.34. The second-order valence-corrected chi connectivity index (χ2v) is 9.61. The van der Waals surface area contributed by atoms with Gasteiger partial charge in [0, 0.05) is 18.7 Å². The molecule has 0 radical (unpaired) electrons. The fourth-order valence-corrected chi connectivity index (χ4v) is 4.91. The summed E-state index contributed by atoms with van der Waals surface area (Å²) in [6.45, 7) is 0.417. The number of carbonyl (C=O) groups is 2. The predicted molar refractivity (Wildman–Crippen MR) is 131 cm³/mol. The van der Waals surface area contributed by atoms with Crippen LogP contribution in [-0.2, 0) is 37.4 Å². The third-order valence-corrected chi connectivity index (χ3v) is 6.79. The summed E-state index contributed by atoms with van der Waals surface area (Å²) in [6, 6.07) is 25.7. The van der Waals surface area contributed by atoms with Gasteiger partial charge in [0.05, 0.1) is 17.9 Å². The lowest BCUT2D eigenvalue weighted by atomic mass is 10.1. The molecule has 180 valence electrons. The Morgan fingerprint density at radius 1 is 0.829 bits per heavy atom. The molecular weight excluding hydrogens is 466 g/mol. The third kappa shape index (κ3) is 6.33. The fraction of sp³-hybridized carbons (Fsp3) is 0.192. The standard InChI is InChI=1S/C26H25N3O5S/c30-24(29(17-20-9-3-1-4-10-20)18-21-11-5-2-6-12-21)19-34-25(31)15-16-27-26-22-13-7-8-14-23(22)35(32,33)28-26/h1-14H,15-19H2,(H,27,28). The van der Waals surface area contributed by atoms with Gasteiger partial charge >= 0.3 is 5.97 Å². The number of rotatable bonds is 9. The van der Waals surface area contributed by atoms with Crippen molar-refractivity contribution < 1.29 is 22.7 Å². The number of aliphatic imine (C=N–C) groups is 1. The van der Waals surface area contributed by atoms with Gasteiger partial charge in [-0.3, -0.25) is 19.3 Å². The molecule has 0 aromatic heterocycles. The number of amides is 1. The normalized spacial score (nSPS) is 14.7. The maximum Gasteiger partial charge on any atom is 0.308 e. The average molecular weight is 492 g/mol. The highest BCUT2D eigenvalue weighted by Gasteiger charge is 2.30. The minimum atomic E-state index is -3.64. The SMILES string of the molecule is O=C(CCN=C1NS(=O)(=O)c2ccccc21)OCC(=O)N(Cc1ccccc1)Cc1ccccc1. The molecule has 4 rings (SSSR count). The van der Waals surface area contributed by atoms with E-state index in [1.54, 1.807) is 23.1 Å². The van der Waals surface area contributed by atoms with Crippen molar-refractivity contribution in [3.05, 3.63) is 102 Å². The van der Waals surface area contributed by atoms with Crippen molar-refractivity contribution in [3.63, 3.8) is 0 Å². The minimum Gasteiger partial charge on any atom is -0.456 e. The van der Waals surface area contributed by atoms with Crippen molar-refractivity contribution in [1.82, 2.24) is 9.62 Å². The largest absolute Gasteiger partial charge is 0.456 e. The molecule has 35 heavy (non-hydrogen) atoms. The van der Waals surface area contributed by atoms with E-state index in [-0.39, 0.29) is 36.2 Å². The number of nitrogens with one attached hydrogen (secondary N) is 1. The zero-order valence-electron chi connectivity index (χ0n) is 19.0. The van der Waals surface area contributed by atoms with E-state index in [4.69, 9.17) is 4.74 Å². The Labute approximate surface area is 204 Å². The van der Waals surface area contributed by atoms with Crippen LogP contribution in [0.25, 0.3) is 0 Å². The molecule has 0 atom stereocenters. The molecule has 1 aliphatic heterocycles. The molecule has 1 aliphatic rings. The van der Waals surface area contributed by atoms with Gasteiger partial charge in [0.1, 0.15) is 5.84 Å². The van der Waals surface area contributed by atoms with Crippen LogP contribution < -0.4 is 4.72 Å². The summed E-state index contributed by atoms with van der Waals surface area (Å²) in [5, 5.41) is 0. The highest BCUT2D eigenvalue weighted by atomic mass is 32.2. The number of nitrogens with zero attached hydrogens (tertiary/aromatic N) is 2. The summed E-state index contributed by atoms with van der Waals surface area (Å²) in [5.74, 6) is -0.701. The Balaban J connectivity index is 1.32. The van der Waals surface area contributed by atoms with Crippen LogP contribution in [0.5, 0.6) is 0 Å². The molecule has 3 aromatic rings. The van der Waals surface area contributed by atoms with Crippen LogP contribution in [-0.4, -0.2) is 44.2 Å². The van der Waals surface area contributed by atoms with Crippen LogP contribution in [0.2, 0.25) is 0 Å². The third-order valence-electron chi connectivity index (χ3n) is 5.39. The molecule has 0 aliphatic carbocycles. The molecule has 9 heteroatoms. The number of sulfonamides is 1. The molecule has 1 amide bonds. The van der Waals surface area contributed by atoms with Crippen molar-refractivity contribution in [2.45, 2.75) is 24.4 Å². The maximum atomic E-state index is 12.9. The summed E-state index contributed by atoms with van der Waals surface area (Å²) < 4.78 is 31.9. The lowest BCUT2D eigenvalue weighted by Gasteiger charge is -2.23. The molecular formula is C26H25N3O5S. The molecule has 8 nitrogen and oxygen atoms in total. The van der Waals surface area contributed by atoms with Crippen LogP contribution in [0.4, 0.5) is 0 Å². The number of benzene rings is 3. The minimum absolute atomic E-state index is 0.0248. The van der Waals surface area contributed by atoms with Crippen LogP contribution in [0, 0.1) is 0 Å². The lowest BCUT2D eigenvalue weighted by molar-refractivity contribution is -0.152. The topological polar surface area (TPSA) is 105 Å². The number of hydrogen-bond acceptors (Lipinski definition) is 6. The van der Waals surface area contributed by atoms with Crippen LogP contribution in [0.15, 0.2) is 94.8 Å². The Kier molecular flexibility index (Phi) is 7.57. The van der Waals surface area contributed by atoms with E-state index in [2.05, 4.69) is 9.71 Å². The quantitative estimate of drug-likeness (QED) is 0.464. The maximum absolute atomic E-state index is 12.9. The van der Waals surface area contributed by atoms with Gasteiger partial charge in [-0.1, -0.05) is 72.8 Å². The highest BCUT2D eigenvalue weighted by Crippen LogP contribution is 2.22. The molecule has 0 saturated heterocycles. The van der Waals surface area contributed by atoms with Gasteiger partial charge in [0.15, 0.2) is 6.61 Å². The van der Waals surface area contributed by atoms with Gasteiger partial charge in [-0.15, -0.1) is 0 Å². The molecule has 1 N–H and O–H groups in total. The smallest absolute Gasteiger partial charge is 0.308 e. The van der Waals surface area contributed by atoms with Gasteiger partial charge in [-0.2, -0.15) is 0 Å². The van der Waals surface area contributed by atoms with E-state index >= 15 is 0 Å². The fourth-order valence-electron chi connectivity index (χ4n) is 3.66. The summed E-state index contributed by atoms with van der Waals surface area (Å²) in [5.41, 5.74) is 2.41. The van der Waals surface area contributed by atoms with Crippen LogP contribution in [0.3, 0.4) is 0 Å². The number of fused-ring (bicyclic) bond motifs is 1.